The van der Waals surface area contributed by atoms with Gasteiger partial charge in [-0.2, -0.15) is 0 Å². The van der Waals surface area contributed by atoms with E-state index in [4.69, 9.17) is 11.6 Å². The molecule has 0 aliphatic carbocycles. The van der Waals surface area contributed by atoms with Gasteiger partial charge in [0, 0.05) is 12.7 Å². The molecule has 1 unspecified atom stereocenters. The SMILES string of the molecule is CC(C(=O)Nc1cccnc1Cl)N(C)Cc1ccccc1. The van der Waals surface area contributed by atoms with Gasteiger partial charge >= 0.3 is 0 Å². The maximum absolute atomic E-state index is 12.3. The van der Waals surface area contributed by atoms with Gasteiger partial charge in [-0.3, -0.25) is 9.69 Å². The number of benzene rings is 1. The summed E-state index contributed by atoms with van der Waals surface area (Å²) in [4.78, 5) is 18.2. The molecule has 0 saturated carbocycles. The summed E-state index contributed by atoms with van der Waals surface area (Å²) in [6.45, 7) is 2.57. The second-order valence-electron chi connectivity index (χ2n) is 4.91. The van der Waals surface area contributed by atoms with Gasteiger partial charge in [-0.25, -0.2) is 4.98 Å². The van der Waals surface area contributed by atoms with Crippen LogP contribution < -0.4 is 5.32 Å². The molecule has 0 bridgehead atoms. The lowest BCUT2D eigenvalue weighted by molar-refractivity contribution is -0.120. The van der Waals surface area contributed by atoms with E-state index >= 15 is 0 Å². The van der Waals surface area contributed by atoms with Crippen LogP contribution in [-0.4, -0.2) is 28.9 Å². The standard InChI is InChI=1S/C16H18ClN3O/c1-12(20(2)11-13-7-4-3-5-8-13)16(21)19-14-9-6-10-18-15(14)17/h3-10,12H,11H2,1-2H3,(H,19,21). The summed E-state index contributed by atoms with van der Waals surface area (Å²) in [5, 5.41) is 3.10. The van der Waals surface area contributed by atoms with Gasteiger partial charge in [0.25, 0.3) is 0 Å². The molecule has 110 valence electrons. The van der Waals surface area contributed by atoms with Gasteiger partial charge in [-0.05, 0) is 31.7 Å². The minimum Gasteiger partial charge on any atom is -0.322 e. The minimum absolute atomic E-state index is 0.108. The molecule has 0 fully saturated rings. The van der Waals surface area contributed by atoms with Crippen molar-refractivity contribution < 1.29 is 4.79 Å². The maximum Gasteiger partial charge on any atom is 0.241 e. The van der Waals surface area contributed by atoms with E-state index in [9.17, 15) is 4.79 Å². The molecule has 0 saturated heterocycles. The predicted molar refractivity (Wildman–Crippen MR) is 85.2 cm³/mol. The third-order valence-corrected chi connectivity index (χ3v) is 3.63. The molecule has 0 aliphatic heterocycles. The summed E-state index contributed by atoms with van der Waals surface area (Å²) in [7, 11) is 1.92. The number of aromatic nitrogens is 1. The fourth-order valence-electron chi connectivity index (χ4n) is 1.92. The zero-order chi connectivity index (χ0) is 15.2. The molecule has 0 aliphatic rings. The van der Waals surface area contributed by atoms with Crippen LogP contribution in [0.15, 0.2) is 48.7 Å². The first-order chi connectivity index (χ1) is 10.1. The van der Waals surface area contributed by atoms with E-state index in [1.54, 1.807) is 18.3 Å². The Kier molecular flexibility index (Phi) is 5.31. The summed E-state index contributed by atoms with van der Waals surface area (Å²) in [5.74, 6) is -0.108. The monoisotopic (exact) mass is 303 g/mol. The van der Waals surface area contributed by atoms with E-state index in [0.29, 0.717) is 17.4 Å². The molecule has 21 heavy (non-hydrogen) atoms. The number of likely N-dealkylation sites (N-methyl/N-ethyl adjacent to an activating group) is 1. The topological polar surface area (TPSA) is 45.2 Å². The fraction of sp³-hybridized carbons (Fsp3) is 0.250. The van der Waals surface area contributed by atoms with E-state index < -0.39 is 0 Å². The van der Waals surface area contributed by atoms with Crippen LogP contribution in [0, 0.1) is 0 Å². The van der Waals surface area contributed by atoms with Crippen LogP contribution >= 0.6 is 11.6 Å². The second-order valence-corrected chi connectivity index (χ2v) is 5.27. The van der Waals surface area contributed by atoms with Crippen molar-refractivity contribution in [2.24, 2.45) is 0 Å². The van der Waals surface area contributed by atoms with E-state index in [1.165, 1.54) is 5.56 Å². The molecule has 1 amide bonds. The number of nitrogens with one attached hydrogen (secondary N) is 1. The molecule has 1 heterocycles. The van der Waals surface area contributed by atoms with Gasteiger partial charge in [-0.15, -0.1) is 0 Å². The first-order valence-electron chi connectivity index (χ1n) is 6.73. The highest BCUT2D eigenvalue weighted by molar-refractivity contribution is 6.32. The van der Waals surface area contributed by atoms with E-state index in [1.807, 2.05) is 49.2 Å². The molecule has 5 heteroatoms. The van der Waals surface area contributed by atoms with Gasteiger partial charge in [0.1, 0.15) is 0 Å². The van der Waals surface area contributed by atoms with Crippen LogP contribution in [0.25, 0.3) is 0 Å². The number of hydrogen-bond donors (Lipinski definition) is 1. The number of hydrogen-bond acceptors (Lipinski definition) is 3. The van der Waals surface area contributed by atoms with Crippen LogP contribution in [0.1, 0.15) is 12.5 Å². The molecular weight excluding hydrogens is 286 g/mol. The zero-order valence-corrected chi connectivity index (χ0v) is 12.8. The number of rotatable bonds is 5. The second kappa shape index (κ2) is 7.20. The molecule has 2 rings (SSSR count). The average Bonchev–Trinajstić information content (AvgIpc) is 2.49. The van der Waals surface area contributed by atoms with Crippen LogP contribution in [-0.2, 0) is 11.3 Å². The quantitative estimate of drug-likeness (QED) is 0.863. The van der Waals surface area contributed by atoms with Crippen molar-refractivity contribution in [2.45, 2.75) is 19.5 Å². The third kappa shape index (κ3) is 4.28. The maximum atomic E-state index is 12.3. The Balaban J connectivity index is 1.97. The molecule has 2 aromatic rings. The molecule has 0 radical (unpaired) electrons. The van der Waals surface area contributed by atoms with Crippen LogP contribution in [0.4, 0.5) is 5.69 Å². The summed E-state index contributed by atoms with van der Waals surface area (Å²) in [5.41, 5.74) is 1.70. The van der Waals surface area contributed by atoms with Gasteiger partial charge in [0.2, 0.25) is 5.91 Å². The first kappa shape index (κ1) is 15.5. The van der Waals surface area contributed by atoms with Gasteiger partial charge in [0.15, 0.2) is 5.15 Å². The Morgan fingerprint density at radius 3 is 2.67 bits per heavy atom. The van der Waals surface area contributed by atoms with Crippen molar-refractivity contribution in [1.29, 1.82) is 0 Å². The van der Waals surface area contributed by atoms with Gasteiger partial charge in [-0.1, -0.05) is 41.9 Å². The first-order valence-corrected chi connectivity index (χ1v) is 7.11. The summed E-state index contributed by atoms with van der Waals surface area (Å²) in [6, 6.07) is 13.2. The molecule has 1 atom stereocenters. The fourth-order valence-corrected chi connectivity index (χ4v) is 2.09. The normalized spacial score (nSPS) is 12.2. The van der Waals surface area contributed by atoms with Crippen molar-refractivity contribution in [3.8, 4) is 0 Å². The van der Waals surface area contributed by atoms with Gasteiger partial charge in [0.05, 0.1) is 11.7 Å². The molecule has 1 aromatic carbocycles. The van der Waals surface area contributed by atoms with Crippen LogP contribution in [0.3, 0.4) is 0 Å². The summed E-state index contributed by atoms with van der Waals surface area (Å²) >= 11 is 5.94. The molecule has 0 spiro atoms. The van der Waals surface area contributed by atoms with E-state index in [-0.39, 0.29) is 11.9 Å². The van der Waals surface area contributed by atoms with Crippen LogP contribution in [0.5, 0.6) is 0 Å². The Hall–Kier alpha value is -1.91. The Morgan fingerprint density at radius 2 is 2.00 bits per heavy atom. The highest BCUT2D eigenvalue weighted by Gasteiger charge is 2.19. The lowest BCUT2D eigenvalue weighted by Crippen LogP contribution is -2.39. The minimum atomic E-state index is -0.276. The lowest BCUT2D eigenvalue weighted by Gasteiger charge is -2.24. The highest BCUT2D eigenvalue weighted by atomic mass is 35.5. The number of halogens is 1. The van der Waals surface area contributed by atoms with Crippen molar-refractivity contribution in [3.63, 3.8) is 0 Å². The third-order valence-electron chi connectivity index (χ3n) is 3.33. The summed E-state index contributed by atoms with van der Waals surface area (Å²) in [6.07, 6.45) is 1.59. The van der Waals surface area contributed by atoms with Crippen molar-refractivity contribution >= 4 is 23.2 Å². The Bertz CT molecular complexity index is 603. The number of pyridine rings is 1. The van der Waals surface area contributed by atoms with Crippen LogP contribution in [0.2, 0.25) is 5.15 Å². The lowest BCUT2D eigenvalue weighted by atomic mass is 10.2. The van der Waals surface area contributed by atoms with E-state index in [2.05, 4.69) is 10.3 Å². The molecule has 4 nitrogen and oxygen atoms in total. The van der Waals surface area contributed by atoms with Gasteiger partial charge < -0.3 is 5.32 Å². The predicted octanol–water partition coefficient (Wildman–Crippen LogP) is 3.19. The van der Waals surface area contributed by atoms with Crippen molar-refractivity contribution in [3.05, 3.63) is 59.4 Å². The highest BCUT2D eigenvalue weighted by Crippen LogP contribution is 2.18. The number of amides is 1. The number of carbonyl (C=O) groups excluding carboxylic acids is 1. The molecule has 1 aromatic heterocycles. The number of nitrogens with zero attached hydrogens (tertiary/aromatic N) is 2. The molecular formula is C16H18ClN3O. The number of anilines is 1. The van der Waals surface area contributed by atoms with Crippen molar-refractivity contribution in [2.75, 3.05) is 12.4 Å². The van der Waals surface area contributed by atoms with Crippen molar-refractivity contribution in [1.82, 2.24) is 9.88 Å². The van der Waals surface area contributed by atoms with E-state index in [0.717, 1.165) is 0 Å². The number of carbonyl (C=O) groups is 1. The Morgan fingerprint density at radius 1 is 1.29 bits per heavy atom. The molecule has 1 N–H and O–H groups in total. The smallest absolute Gasteiger partial charge is 0.241 e. The zero-order valence-electron chi connectivity index (χ0n) is 12.1. The summed E-state index contributed by atoms with van der Waals surface area (Å²) < 4.78 is 0. The Labute approximate surface area is 129 Å². The average molecular weight is 304 g/mol. The largest absolute Gasteiger partial charge is 0.322 e.